The third-order valence-electron chi connectivity index (χ3n) is 2.80. The first-order valence-corrected chi connectivity index (χ1v) is 6.88. The van der Waals surface area contributed by atoms with Gasteiger partial charge in [-0.1, -0.05) is 6.92 Å². The molecule has 2 aromatic rings. The highest BCUT2D eigenvalue weighted by atomic mass is 16.5. The average molecular weight is 261 g/mol. The summed E-state index contributed by atoms with van der Waals surface area (Å²) in [5.41, 5.74) is 1.00. The minimum absolute atomic E-state index is 0.0916. The van der Waals surface area contributed by atoms with Crippen molar-refractivity contribution in [2.45, 2.75) is 46.2 Å². The fourth-order valence-electron chi connectivity index (χ4n) is 1.83. The van der Waals surface area contributed by atoms with E-state index in [2.05, 4.69) is 39.1 Å². The van der Waals surface area contributed by atoms with Crippen molar-refractivity contribution in [2.24, 2.45) is 0 Å². The van der Waals surface area contributed by atoms with Crippen molar-refractivity contribution in [3.05, 3.63) is 30.0 Å². The van der Waals surface area contributed by atoms with Crippen LogP contribution in [0, 0.1) is 0 Å². The van der Waals surface area contributed by atoms with E-state index >= 15 is 0 Å². The lowest BCUT2D eigenvalue weighted by Crippen LogP contribution is -2.34. The maximum Gasteiger partial charge on any atom is 0.134 e. The van der Waals surface area contributed by atoms with Crippen LogP contribution in [0.15, 0.2) is 28.7 Å². The SMILES string of the molecule is CCCOc1ccc2oc(CNC(C)(C)C)cc2c1. The lowest BCUT2D eigenvalue weighted by atomic mass is 10.1. The van der Waals surface area contributed by atoms with Crippen LogP contribution in [-0.2, 0) is 6.54 Å². The largest absolute Gasteiger partial charge is 0.494 e. The summed E-state index contributed by atoms with van der Waals surface area (Å²) in [6, 6.07) is 8.05. The second-order valence-electron chi connectivity index (χ2n) is 5.86. The molecule has 104 valence electrons. The van der Waals surface area contributed by atoms with Crippen molar-refractivity contribution in [2.75, 3.05) is 6.61 Å². The molecule has 3 nitrogen and oxygen atoms in total. The Morgan fingerprint density at radius 3 is 2.68 bits per heavy atom. The molecular weight excluding hydrogens is 238 g/mol. The molecule has 19 heavy (non-hydrogen) atoms. The monoisotopic (exact) mass is 261 g/mol. The molecule has 0 aliphatic carbocycles. The maximum atomic E-state index is 5.80. The van der Waals surface area contributed by atoms with Gasteiger partial charge in [0.05, 0.1) is 13.2 Å². The second kappa shape index (κ2) is 5.66. The average Bonchev–Trinajstić information content (AvgIpc) is 2.75. The van der Waals surface area contributed by atoms with Crippen molar-refractivity contribution in [3.8, 4) is 5.75 Å². The molecule has 0 radical (unpaired) electrons. The van der Waals surface area contributed by atoms with Crippen LogP contribution >= 0.6 is 0 Å². The Bertz CT molecular complexity index is 537. The van der Waals surface area contributed by atoms with Gasteiger partial charge in [-0.15, -0.1) is 0 Å². The summed E-state index contributed by atoms with van der Waals surface area (Å²) < 4.78 is 11.4. The number of benzene rings is 1. The molecular formula is C16H23NO2. The van der Waals surface area contributed by atoms with E-state index in [9.17, 15) is 0 Å². The van der Waals surface area contributed by atoms with E-state index < -0.39 is 0 Å². The second-order valence-corrected chi connectivity index (χ2v) is 5.86. The molecule has 0 saturated heterocycles. The van der Waals surface area contributed by atoms with E-state index in [0.717, 1.165) is 42.1 Å². The third kappa shape index (κ3) is 4.00. The Labute approximate surface area is 114 Å². The van der Waals surface area contributed by atoms with Gasteiger partial charge >= 0.3 is 0 Å². The lowest BCUT2D eigenvalue weighted by molar-refractivity contribution is 0.318. The van der Waals surface area contributed by atoms with Gasteiger partial charge in [-0.05, 0) is 51.5 Å². The van der Waals surface area contributed by atoms with Gasteiger partial charge in [0, 0.05) is 10.9 Å². The van der Waals surface area contributed by atoms with E-state index in [1.165, 1.54) is 0 Å². The summed E-state index contributed by atoms with van der Waals surface area (Å²) in [5, 5.41) is 4.52. The number of furan rings is 1. The predicted octanol–water partition coefficient (Wildman–Crippen LogP) is 4.11. The van der Waals surface area contributed by atoms with E-state index in [0.29, 0.717) is 0 Å². The minimum Gasteiger partial charge on any atom is -0.494 e. The molecule has 1 heterocycles. The molecule has 1 aromatic heterocycles. The smallest absolute Gasteiger partial charge is 0.134 e. The molecule has 3 heteroatoms. The van der Waals surface area contributed by atoms with Crippen molar-refractivity contribution < 1.29 is 9.15 Å². The molecule has 0 atom stereocenters. The Morgan fingerprint density at radius 1 is 1.21 bits per heavy atom. The normalized spacial score (nSPS) is 12.0. The maximum absolute atomic E-state index is 5.80. The lowest BCUT2D eigenvalue weighted by Gasteiger charge is -2.19. The molecule has 0 aliphatic heterocycles. The van der Waals surface area contributed by atoms with Crippen LogP contribution in [0.25, 0.3) is 11.0 Å². The Morgan fingerprint density at radius 2 is 2.00 bits per heavy atom. The summed E-state index contributed by atoms with van der Waals surface area (Å²) in [5.74, 6) is 1.86. The fourth-order valence-corrected chi connectivity index (χ4v) is 1.83. The minimum atomic E-state index is 0.0916. The highest BCUT2D eigenvalue weighted by Crippen LogP contribution is 2.24. The molecule has 1 N–H and O–H groups in total. The standard InChI is InChI=1S/C16H23NO2/c1-5-8-18-13-6-7-15-12(9-13)10-14(19-15)11-17-16(2,3)4/h6-7,9-10,17H,5,8,11H2,1-4H3. The van der Waals surface area contributed by atoms with E-state index in [1.807, 2.05) is 18.2 Å². The molecule has 1 aromatic carbocycles. The van der Waals surface area contributed by atoms with E-state index in [-0.39, 0.29) is 5.54 Å². The summed E-state index contributed by atoms with van der Waals surface area (Å²) in [7, 11) is 0. The zero-order chi connectivity index (χ0) is 13.9. The molecule has 0 saturated carbocycles. The summed E-state index contributed by atoms with van der Waals surface area (Å²) in [4.78, 5) is 0. The molecule has 0 amide bonds. The summed E-state index contributed by atoms with van der Waals surface area (Å²) in [6.07, 6.45) is 1.02. The van der Waals surface area contributed by atoms with Gasteiger partial charge in [-0.3, -0.25) is 0 Å². The first kappa shape index (κ1) is 13.9. The number of fused-ring (bicyclic) bond motifs is 1. The first-order chi connectivity index (χ1) is 8.98. The molecule has 2 rings (SSSR count). The van der Waals surface area contributed by atoms with Gasteiger partial charge in [0.15, 0.2) is 0 Å². The van der Waals surface area contributed by atoms with E-state index in [1.54, 1.807) is 0 Å². The van der Waals surface area contributed by atoms with Crippen LogP contribution in [0.1, 0.15) is 39.9 Å². The van der Waals surface area contributed by atoms with Gasteiger partial charge in [-0.25, -0.2) is 0 Å². The van der Waals surface area contributed by atoms with Crippen molar-refractivity contribution >= 4 is 11.0 Å². The van der Waals surface area contributed by atoms with E-state index in [4.69, 9.17) is 9.15 Å². The Hall–Kier alpha value is -1.48. The van der Waals surface area contributed by atoms with Crippen LogP contribution in [0.5, 0.6) is 5.75 Å². The highest BCUT2D eigenvalue weighted by Gasteiger charge is 2.11. The quantitative estimate of drug-likeness (QED) is 0.879. The zero-order valence-corrected chi connectivity index (χ0v) is 12.2. The van der Waals surface area contributed by atoms with Gasteiger partial charge in [0.25, 0.3) is 0 Å². The highest BCUT2D eigenvalue weighted by molar-refractivity contribution is 5.79. The van der Waals surface area contributed by atoms with Crippen molar-refractivity contribution in [1.29, 1.82) is 0 Å². The number of hydrogen-bond acceptors (Lipinski definition) is 3. The van der Waals surface area contributed by atoms with Crippen LogP contribution in [0.4, 0.5) is 0 Å². The summed E-state index contributed by atoms with van der Waals surface area (Å²) in [6.45, 7) is 10.0. The van der Waals surface area contributed by atoms with Crippen molar-refractivity contribution in [1.82, 2.24) is 5.32 Å². The van der Waals surface area contributed by atoms with Crippen LogP contribution in [0.3, 0.4) is 0 Å². The van der Waals surface area contributed by atoms with Crippen LogP contribution in [0.2, 0.25) is 0 Å². The predicted molar refractivity (Wildman–Crippen MR) is 78.6 cm³/mol. The van der Waals surface area contributed by atoms with Crippen LogP contribution in [-0.4, -0.2) is 12.1 Å². The van der Waals surface area contributed by atoms with Crippen LogP contribution < -0.4 is 10.1 Å². The number of nitrogens with one attached hydrogen (secondary N) is 1. The number of ether oxygens (including phenoxy) is 1. The third-order valence-corrected chi connectivity index (χ3v) is 2.80. The van der Waals surface area contributed by atoms with Gasteiger partial charge in [0.2, 0.25) is 0 Å². The number of rotatable bonds is 5. The summed E-state index contributed by atoms with van der Waals surface area (Å²) >= 11 is 0. The molecule has 0 fully saturated rings. The Balaban J connectivity index is 2.11. The van der Waals surface area contributed by atoms with Crippen molar-refractivity contribution in [3.63, 3.8) is 0 Å². The Kier molecular flexibility index (Phi) is 4.15. The zero-order valence-electron chi connectivity index (χ0n) is 12.2. The number of hydrogen-bond donors (Lipinski definition) is 1. The molecule has 0 bridgehead atoms. The molecule has 0 unspecified atom stereocenters. The fraction of sp³-hybridized carbons (Fsp3) is 0.500. The van der Waals surface area contributed by atoms with Gasteiger partial charge in [-0.2, -0.15) is 0 Å². The molecule has 0 aliphatic rings. The topological polar surface area (TPSA) is 34.4 Å². The molecule has 0 spiro atoms. The first-order valence-electron chi connectivity index (χ1n) is 6.88. The van der Waals surface area contributed by atoms with Gasteiger partial charge < -0.3 is 14.5 Å². The van der Waals surface area contributed by atoms with Gasteiger partial charge in [0.1, 0.15) is 17.1 Å².